The van der Waals surface area contributed by atoms with E-state index in [1.54, 1.807) is 37.4 Å². The van der Waals surface area contributed by atoms with Crippen LogP contribution in [-0.4, -0.2) is 41.7 Å². The highest BCUT2D eigenvalue weighted by Gasteiger charge is 2.26. The van der Waals surface area contributed by atoms with Crippen molar-refractivity contribution in [3.8, 4) is 28.7 Å². The Morgan fingerprint density at radius 3 is 2.30 bits per heavy atom. The van der Waals surface area contributed by atoms with Gasteiger partial charge in [0.25, 0.3) is 0 Å². The van der Waals surface area contributed by atoms with E-state index in [1.807, 2.05) is 12.1 Å². The fourth-order valence-corrected chi connectivity index (χ4v) is 3.75. The lowest BCUT2D eigenvalue weighted by Gasteiger charge is -2.20. The summed E-state index contributed by atoms with van der Waals surface area (Å²) < 4.78 is 16.0. The van der Waals surface area contributed by atoms with Gasteiger partial charge in [0, 0.05) is 30.5 Å². The molecular weight excluding hydrogens is 426 g/mol. The molecule has 1 amide bonds. The van der Waals surface area contributed by atoms with Gasteiger partial charge in [-0.2, -0.15) is 0 Å². The summed E-state index contributed by atoms with van der Waals surface area (Å²) in [4.78, 5) is 12.8. The van der Waals surface area contributed by atoms with Crippen molar-refractivity contribution in [2.45, 2.75) is 18.4 Å². The highest BCUT2D eigenvalue weighted by atomic mass is 16.7. The summed E-state index contributed by atoms with van der Waals surface area (Å²) in [5.41, 5.74) is 1.91. The average Bonchev–Trinajstić information content (AvgIpc) is 3.28. The second-order valence-electron chi connectivity index (χ2n) is 7.71. The third-order valence-electron chi connectivity index (χ3n) is 5.58. The third-order valence-corrected chi connectivity index (χ3v) is 5.58. The lowest BCUT2D eigenvalue weighted by Crippen LogP contribution is -2.29. The second kappa shape index (κ2) is 9.70. The molecule has 3 aromatic rings. The van der Waals surface area contributed by atoms with E-state index in [0.717, 1.165) is 5.56 Å². The van der Waals surface area contributed by atoms with Crippen molar-refractivity contribution in [2.75, 3.05) is 20.4 Å². The van der Waals surface area contributed by atoms with E-state index >= 15 is 0 Å². The maximum Gasteiger partial charge on any atom is 0.231 e. The first-order chi connectivity index (χ1) is 15.9. The molecule has 0 spiro atoms. The minimum absolute atomic E-state index is 0.00278. The first-order valence-electron chi connectivity index (χ1n) is 10.4. The molecule has 172 valence electrons. The number of amides is 1. The Balaban J connectivity index is 1.53. The van der Waals surface area contributed by atoms with Crippen LogP contribution in [0.2, 0.25) is 0 Å². The average molecular weight is 451 g/mol. The lowest BCUT2D eigenvalue weighted by atomic mass is 9.87. The number of aliphatic hydroxyl groups is 1. The summed E-state index contributed by atoms with van der Waals surface area (Å²) in [6.07, 6.45) is -0.894. The van der Waals surface area contributed by atoms with Crippen LogP contribution in [0.1, 0.15) is 35.1 Å². The van der Waals surface area contributed by atoms with E-state index < -0.39 is 12.0 Å². The number of nitrogens with one attached hydrogen (secondary N) is 1. The Labute approximate surface area is 191 Å². The van der Waals surface area contributed by atoms with Gasteiger partial charge < -0.3 is 34.8 Å². The van der Waals surface area contributed by atoms with Crippen LogP contribution >= 0.6 is 0 Å². The minimum atomic E-state index is -0.923. The van der Waals surface area contributed by atoms with Gasteiger partial charge in [0.15, 0.2) is 11.5 Å². The van der Waals surface area contributed by atoms with Crippen LogP contribution in [0.4, 0.5) is 0 Å². The zero-order valence-electron chi connectivity index (χ0n) is 18.0. The molecule has 0 fully saturated rings. The fraction of sp³-hybridized carbons (Fsp3) is 0.240. The van der Waals surface area contributed by atoms with Gasteiger partial charge in [-0.3, -0.25) is 4.79 Å². The smallest absolute Gasteiger partial charge is 0.231 e. The zero-order chi connectivity index (χ0) is 23.4. The monoisotopic (exact) mass is 451 g/mol. The largest absolute Gasteiger partial charge is 0.508 e. The van der Waals surface area contributed by atoms with E-state index in [-0.39, 0.29) is 37.2 Å². The van der Waals surface area contributed by atoms with E-state index in [0.29, 0.717) is 28.4 Å². The Morgan fingerprint density at radius 2 is 1.64 bits per heavy atom. The van der Waals surface area contributed by atoms with Crippen LogP contribution < -0.4 is 19.5 Å². The molecule has 4 rings (SSSR count). The first kappa shape index (κ1) is 22.3. The van der Waals surface area contributed by atoms with Crippen LogP contribution in [0, 0.1) is 0 Å². The van der Waals surface area contributed by atoms with Crippen LogP contribution in [0.3, 0.4) is 0 Å². The Bertz CT molecular complexity index is 1110. The van der Waals surface area contributed by atoms with E-state index in [4.69, 9.17) is 14.2 Å². The Hall–Kier alpha value is -3.91. The SMILES string of the molecule is COc1ccc(C(CC(=O)NCC(O)c2ccc(O)cc2)c2cc3c(cc2O)OCO3)cc1. The normalized spacial score (nSPS) is 13.9. The van der Waals surface area contributed by atoms with Gasteiger partial charge >= 0.3 is 0 Å². The zero-order valence-corrected chi connectivity index (χ0v) is 18.0. The molecular formula is C25H25NO7. The number of phenolic OH excluding ortho intramolecular Hbond substituents is 2. The molecule has 1 aliphatic rings. The van der Waals surface area contributed by atoms with Crippen molar-refractivity contribution in [1.29, 1.82) is 0 Å². The number of methoxy groups -OCH3 is 1. The minimum Gasteiger partial charge on any atom is -0.508 e. The van der Waals surface area contributed by atoms with E-state index in [9.17, 15) is 20.1 Å². The molecule has 2 atom stereocenters. The molecule has 8 heteroatoms. The van der Waals surface area contributed by atoms with Gasteiger partial charge in [0.2, 0.25) is 12.7 Å². The van der Waals surface area contributed by atoms with Crippen LogP contribution in [0.15, 0.2) is 60.7 Å². The van der Waals surface area contributed by atoms with Crippen molar-refractivity contribution in [1.82, 2.24) is 5.32 Å². The highest BCUT2D eigenvalue weighted by molar-refractivity contribution is 5.78. The van der Waals surface area contributed by atoms with Gasteiger partial charge in [0.05, 0.1) is 13.2 Å². The quantitative estimate of drug-likeness (QED) is 0.415. The molecule has 33 heavy (non-hydrogen) atoms. The lowest BCUT2D eigenvalue weighted by molar-refractivity contribution is -0.121. The third kappa shape index (κ3) is 5.12. The van der Waals surface area contributed by atoms with Crippen molar-refractivity contribution >= 4 is 5.91 Å². The predicted molar refractivity (Wildman–Crippen MR) is 120 cm³/mol. The van der Waals surface area contributed by atoms with E-state index in [1.165, 1.54) is 18.2 Å². The molecule has 2 unspecified atom stereocenters. The van der Waals surface area contributed by atoms with Crippen molar-refractivity contribution in [3.05, 3.63) is 77.4 Å². The Kier molecular flexibility index (Phi) is 6.55. The molecule has 0 saturated heterocycles. The maximum absolute atomic E-state index is 12.8. The molecule has 1 heterocycles. The van der Waals surface area contributed by atoms with Gasteiger partial charge in [-0.25, -0.2) is 0 Å². The number of benzene rings is 3. The number of hydrogen-bond acceptors (Lipinski definition) is 7. The molecule has 0 radical (unpaired) electrons. The topological polar surface area (TPSA) is 117 Å². The van der Waals surface area contributed by atoms with Crippen molar-refractivity contribution in [2.24, 2.45) is 0 Å². The van der Waals surface area contributed by atoms with Gasteiger partial charge in [-0.15, -0.1) is 0 Å². The molecule has 3 aromatic carbocycles. The summed E-state index contributed by atoms with van der Waals surface area (Å²) in [6.45, 7) is 0.0765. The molecule has 1 aliphatic heterocycles. The first-order valence-corrected chi connectivity index (χ1v) is 10.4. The fourth-order valence-electron chi connectivity index (χ4n) is 3.75. The molecule has 0 aliphatic carbocycles. The second-order valence-corrected chi connectivity index (χ2v) is 7.71. The van der Waals surface area contributed by atoms with Gasteiger partial charge in [-0.1, -0.05) is 24.3 Å². The molecule has 0 aromatic heterocycles. The van der Waals surface area contributed by atoms with Crippen LogP contribution in [0.5, 0.6) is 28.7 Å². The number of hydrogen-bond donors (Lipinski definition) is 4. The number of ether oxygens (including phenoxy) is 3. The standard InChI is InChI=1S/C25H25NO7/c1-31-18-8-4-15(5-9-18)19(20-10-23-24(12-21(20)28)33-14-32-23)11-25(30)26-13-22(29)16-2-6-17(27)7-3-16/h2-10,12,19,22,27-29H,11,13-14H2,1H3,(H,26,30). The number of aliphatic hydroxyl groups excluding tert-OH is 1. The maximum atomic E-state index is 12.8. The summed E-state index contributed by atoms with van der Waals surface area (Å²) in [5.74, 6) is 0.948. The number of rotatable bonds is 8. The molecule has 0 saturated carbocycles. The molecule has 0 bridgehead atoms. The van der Waals surface area contributed by atoms with Gasteiger partial charge in [-0.05, 0) is 41.5 Å². The van der Waals surface area contributed by atoms with Crippen LogP contribution in [0.25, 0.3) is 0 Å². The van der Waals surface area contributed by atoms with Crippen molar-refractivity contribution in [3.63, 3.8) is 0 Å². The number of aromatic hydroxyl groups is 2. The summed E-state index contributed by atoms with van der Waals surface area (Å²) in [5, 5.41) is 33.1. The Morgan fingerprint density at radius 1 is 1.00 bits per heavy atom. The highest BCUT2D eigenvalue weighted by Crippen LogP contribution is 2.43. The number of phenols is 2. The molecule has 8 nitrogen and oxygen atoms in total. The predicted octanol–water partition coefficient (Wildman–Crippen LogP) is 3.21. The van der Waals surface area contributed by atoms with Gasteiger partial charge in [0.1, 0.15) is 17.2 Å². The summed E-state index contributed by atoms with van der Waals surface area (Å²) in [6, 6.07) is 16.6. The molecule has 4 N–H and O–H groups in total. The van der Waals surface area contributed by atoms with E-state index in [2.05, 4.69) is 5.32 Å². The number of carbonyl (C=O) groups is 1. The number of fused-ring (bicyclic) bond motifs is 1. The number of carbonyl (C=O) groups excluding carboxylic acids is 1. The van der Waals surface area contributed by atoms with Crippen molar-refractivity contribution < 1.29 is 34.3 Å². The summed E-state index contributed by atoms with van der Waals surface area (Å²) in [7, 11) is 1.57. The summed E-state index contributed by atoms with van der Waals surface area (Å²) >= 11 is 0. The van der Waals surface area contributed by atoms with Crippen LogP contribution in [-0.2, 0) is 4.79 Å².